The Balaban J connectivity index is 2.08. The van der Waals surface area contributed by atoms with Crippen LogP contribution < -0.4 is 10.2 Å². The summed E-state index contributed by atoms with van der Waals surface area (Å²) in [4.78, 5) is 20.9. The molecule has 0 radical (unpaired) electrons. The van der Waals surface area contributed by atoms with Crippen LogP contribution in [0.3, 0.4) is 0 Å². The summed E-state index contributed by atoms with van der Waals surface area (Å²) in [6.45, 7) is 1.77. The largest absolute Gasteiger partial charge is 0.480 e. The van der Waals surface area contributed by atoms with E-state index in [9.17, 15) is 4.79 Å². The molecule has 1 aromatic rings. The number of rotatable bonds is 2. The van der Waals surface area contributed by atoms with Gasteiger partial charge in [-0.15, -0.1) is 0 Å². The van der Waals surface area contributed by atoms with Gasteiger partial charge in [0.05, 0.1) is 0 Å². The Morgan fingerprint density at radius 1 is 1.53 bits per heavy atom. The van der Waals surface area contributed by atoms with Gasteiger partial charge in [-0.3, -0.25) is 4.79 Å². The van der Waals surface area contributed by atoms with E-state index in [2.05, 4.69) is 15.3 Å². The van der Waals surface area contributed by atoms with E-state index in [-0.39, 0.29) is 0 Å². The van der Waals surface area contributed by atoms with Gasteiger partial charge in [0.2, 0.25) is 5.95 Å². The second-order valence-electron chi connectivity index (χ2n) is 3.34. The van der Waals surface area contributed by atoms with Crippen LogP contribution in [0.15, 0.2) is 18.5 Å². The lowest BCUT2D eigenvalue weighted by Crippen LogP contribution is -2.54. The number of hydrogen-bond donors (Lipinski definition) is 2. The molecule has 80 valence electrons. The predicted molar refractivity (Wildman–Crippen MR) is 53.7 cm³/mol. The number of carboxylic acids is 1. The average molecular weight is 208 g/mol. The number of hydrogen-bond acceptors (Lipinski definition) is 5. The fraction of sp³-hybridized carbons (Fsp3) is 0.444. The van der Waals surface area contributed by atoms with E-state index in [0.717, 1.165) is 6.54 Å². The first-order valence-corrected chi connectivity index (χ1v) is 4.75. The summed E-state index contributed by atoms with van der Waals surface area (Å²) in [6.07, 6.45) is 3.31. The molecule has 1 saturated heterocycles. The highest BCUT2D eigenvalue weighted by Gasteiger charge is 2.25. The van der Waals surface area contributed by atoms with E-state index in [4.69, 9.17) is 5.11 Å². The molecule has 1 aliphatic rings. The number of carbonyl (C=O) groups is 1. The van der Waals surface area contributed by atoms with Crippen molar-refractivity contribution in [2.24, 2.45) is 0 Å². The normalized spacial score (nSPS) is 21.3. The molecule has 1 unspecified atom stereocenters. The van der Waals surface area contributed by atoms with Crippen LogP contribution in [0.4, 0.5) is 5.95 Å². The summed E-state index contributed by atoms with van der Waals surface area (Å²) in [5, 5.41) is 11.8. The molecule has 1 fully saturated rings. The standard InChI is InChI=1S/C9H12N4O2/c14-8(15)7-6-13(5-4-10-7)9-11-2-1-3-12-9/h1-3,7,10H,4-6H2,(H,14,15). The van der Waals surface area contributed by atoms with Crippen LogP contribution in [0.25, 0.3) is 0 Å². The average Bonchev–Trinajstić information content (AvgIpc) is 2.30. The smallest absolute Gasteiger partial charge is 0.322 e. The van der Waals surface area contributed by atoms with Crippen molar-refractivity contribution in [3.63, 3.8) is 0 Å². The lowest BCUT2D eigenvalue weighted by Gasteiger charge is -2.31. The molecule has 0 amide bonds. The van der Waals surface area contributed by atoms with Gasteiger partial charge in [-0.25, -0.2) is 9.97 Å². The molecule has 2 heterocycles. The first-order chi connectivity index (χ1) is 7.27. The second-order valence-corrected chi connectivity index (χ2v) is 3.34. The maximum absolute atomic E-state index is 10.8. The highest BCUT2D eigenvalue weighted by molar-refractivity contribution is 5.74. The van der Waals surface area contributed by atoms with Crippen molar-refractivity contribution in [1.82, 2.24) is 15.3 Å². The van der Waals surface area contributed by atoms with Gasteiger partial charge in [-0.1, -0.05) is 0 Å². The number of anilines is 1. The molecular weight excluding hydrogens is 196 g/mol. The molecule has 6 nitrogen and oxygen atoms in total. The van der Waals surface area contributed by atoms with Gasteiger partial charge in [-0.2, -0.15) is 0 Å². The molecule has 0 saturated carbocycles. The van der Waals surface area contributed by atoms with Gasteiger partial charge in [0.25, 0.3) is 0 Å². The van der Waals surface area contributed by atoms with E-state index >= 15 is 0 Å². The van der Waals surface area contributed by atoms with E-state index in [1.165, 1.54) is 0 Å². The van der Waals surface area contributed by atoms with Crippen LogP contribution in [0.5, 0.6) is 0 Å². The third kappa shape index (κ3) is 2.21. The molecule has 2 rings (SSSR count). The third-order valence-electron chi connectivity index (χ3n) is 2.31. The van der Waals surface area contributed by atoms with E-state index < -0.39 is 12.0 Å². The molecule has 1 aliphatic heterocycles. The molecule has 6 heteroatoms. The Kier molecular flexibility index (Phi) is 2.77. The molecule has 0 aromatic carbocycles. The molecule has 0 aliphatic carbocycles. The van der Waals surface area contributed by atoms with Gasteiger partial charge < -0.3 is 15.3 Å². The Bertz CT molecular complexity index is 343. The Hall–Kier alpha value is -1.69. The van der Waals surface area contributed by atoms with Crippen molar-refractivity contribution in [3.8, 4) is 0 Å². The summed E-state index contributed by atoms with van der Waals surface area (Å²) in [5.41, 5.74) is 0. The van der Waals surface area contributed by atoms with Crippen molar-refractivity contribution < 1.29 is 9.90 Å². The Morgan fingerprint density at radius 2 is 2.27 bits per heavy atom. The minimum atomic E-state index is -0.837. The van der Waals surface area contributed by atoms with Crippen molar-refractivity contribution in [1.29, 1.82) is 0 Å². The summed E-state index contributed by atoms with van der Waals surface area (Å²) in [5.74, 6) is -0.249. The Morgan fingerprint density at radius 3 is 2.93 bits per heavy atom. The number of piperazine rings is 1. The number of carboxylic acid groups (broad SMARTS) is 1. The summed E-state index contributed by atoms with van der Waals surface area (Å²) >= 11 is 0. The molecule has 0 spiro atoms. The van der Waals surface area contributed by atoms with Crippen LogP contribution >= 0.6 is 0 Å². The summed E-state index contributed by atoms with van der Waals surface area (Å²) in [7, 11) is 0. The van der Waals surface area contributed by atoms with Crippen LogP contribution in [0.1, 0.15) is 0 Å². The maximum atomic E-state index is 10.8. The van der Waals surface area contributed by atoms with Crippen LogP contribution in [-0.2, 0) is 4.79 Å². The van der Waals surface area contributed by atoms with Gasteiger partial charge in [0.15, 0.2) is 0 Å². The SMILES string of the molecule is O=C(O)C1CN(c2ncccn2)CCN1. The number of nitrogens with one attached hydrogen (secondary N) is 1. The topological polar surface area (TPSA) is 78.3 Å². The van der Waals surface area contributed by atoms with Gasteiger partial charge in [-0.05, 0) is 6.07 Å². The minimum Gasteiger partial charge on any atom is -0.480 e. The van der Waals surface area contributed by atoms with Crippen molar-refractivity contribution in [2.75, 3.05) is 24.5 Å². The van der Waals surface area contributed by atoms with E-state index in [1.54, 1.807) is 18.5 Å². The summed E-state index contributed by atoms with van der Waals surface area (Å²) < 4.78 is 0. The maximum Gasteiger partial charge on any atom is 0.322 e. The van der Waals surface area contributed by atoms with Crippen LogP contribution in [0, 0.1) is 0 Å². The molecule has 2 N–H and O–H groups in total. The van der Waals surface area contributed by atoms with Gasteiger partial charge >= 0.3 is 5.97 Å². The van der Waals surface area contributed by atoms with E-state index in [1.807, 2.05) is 4.90 Å². The zero-order chi connectivity index (χ0) is 10.7. The van der Waals surface area contributed by atoms with Crippen LogP contribution in [-0.4, -0.2) is 46.7 Å². The first-order valence-electron chi connectivity index (χ1n) is 4.75. The number of aliphatic carboxylic acids is 1. The second kappa shape index (κ2) is 4.22. The molecule has 1 atom stereocenters. The van der Waals surface area contributed by atoms with Crippen molar-refractivity contribution in [2.45, 2.75) is 6.04 Å². The quantitative estimate of drug-likeness (QED) is 0.671. The monoisotopic (exact) mass is 208 g/mol. The molecular formula is C9H12N4O2. The molecule has 0 bridgehead atoms. The van der Waals surface area contributed by atoms with Gasteiger partial charge in [0, 0.05) is 32.0 Å². The lowest BCUT2D eigenvalue weighted by atomic mass is 10.2. The van der Waals surface area contributed by atoms with Gasteiger partial charge in [0.1, 0.15) is 6.04 Å². The lowest BCUT2D eigenvalue weighted by molar-refractivity contribution is -0.139. The zero-order valence-electron chi connectivity index (χ0n) is 8.13. The van der Waals surface area contributed by atoms with Crippen molar-refractivity contribution >= 4 is 11.9 Å². The summed E-state index contributed by atoms with van der Waals surface area (Å²) in [6, 6.07) is 1.20. The predicted octanol–water partition coefficient (Wildman–Crippen LogP) is -0.661. The van der Waals surface area contributed by atoms with Crippen LogP contribution in [0.2, 0.25) is 0 Å². The fourth-order valence-electron chi connectivity index (χ4n) is 1.55. The fourth-order valence-corrected chi connectivity index (χ4v) is 1.55. The van der Waals surface area contributed by atoms with E-state index in [0.29, 0.717) is 19.0 Å². The third-order valence-corrected chi connectivity index (χ3v) is 2.31. The highest BCUT2D eigenvalue weighted by atomic mass is 16.4. The molecule has 15 heavy (non-hydrogen) atoms. The first kappa shape index (κ1) is 9.85. The Labute approximate surface area is 87.0 Å². The minimum absolute atomic E-state index is 0.402. The number of aromatic nitrogens is 2. The zero-order valence-corrected chi connectivity index (χ0v) is 8.13. The number of nitrogens with zero attached hydrogens (tertiary/aromatic N) is 3. The molecule has 1 aromatic heterocycles. The van der Waals surface area contributed by atoms with Crippen molar-refractivity contribution in [3.05, 3.63) is 18.5 Å². The highest BCUT2D eigenvalue weighted by Crippen LogP contribution is 2.08.